The van der Waals surface area contributed by atoms with Crippen molar-refractivity contribution in [3.05, 3.63) is 76.6 Å². The minimum atomic E-state index is -0.134. The van der Waals surface area contributed by atoms with Crippen LogP contribution in [0.4, 0.5) is 0 Å². The number of halogens is 1. The van der Waals surface area contributed by atoms with E-state index in [2.05, 4.69) is 24.3 Å². The number of benzene rings is 1. The Morgan fingerprint density at radius 2 is 2.00 bits per heavy atom. The Bertz CT molecular complexity index is 1020. The minimum absolute atomic E-state index is 0.134. The van der Waals surface area contributed by atoms with Crippen LogP contribution in [0.15, 0.2) is 54.7 Å². The molecule has 2 rings (SSSR count). The summed E-state index contributed by atoms with van der Waals surface area (Å²) >= 11 is 6.20. The second kappa shape index (κ2) is 8.73. The number of amides is 1. The van der Waals surface area contributed by atoms with Crippen molar-refractivity contribution in [2.45, 2.75) is 20.4 Å². The van der Waals surface area contributed by atoms with Crippen LogP contribution < -0.4 is 0 Å². The van der Waals surface area contributed by atoms with Crippen molar-refractivity contribution >= 4 is 17.5 Å². The highest BCUT2D eigenvalue weighted by Crippen LogP contribution is 2.31. The van der Waals surface area contributed by atoms with Crippen LogP contribution in [0.3, 0.4) is 0 Å². The topological polar surface area (TPSA) is 61.9 Å². The van der Waals surface area contributed by atoms with E-state index in [1.54, 1.807) is 38.4 Å². The van der Waals surface area contributed by atoms with Gasteiger partial charge in [0.25, 0.3) is 5.91 Å². The van der Waals surface area contributed by atoms with Crippen molar-refractivity contribution < 1.29 is 4.79 Å². The van der Waals surface area contributed by atoms with Crippen LogP contribution in [0.5, 0.6) is 0 Å². The smallest absolute Gasteiger partial charge is 0.253 e. The molecule has 28 heavy (non-hydrogen) atoms. The number of nitriles is 1. The summed E-state index contributed by atoms with van der Waals surface area (Å²) in [7, 11) is 3.39. The summed E-state index contributed by atoms with van der Waals surface area (Å²) in [6, 6.07) is 7.40. The molecule has 144 valence electrons. The first kappa shape index (κ1) is 21.2. The molecule has 1 amide bonds. The van der Waals surface area contributed by atoms with Crippen LogP contribution in [0.2, 0.25) is 5.02 Å². The molecule has 0 bridgehead atoms. The summed E-state index contributed by atoms with van der Waals surface area (Å²) in [6.45, 7) is 11.9. The monoisotopic (exact) mass is 394 g/mol. The number of nitrogens with zero attached hydrogens (tertiary/aromatic N) is 4. The number of likely N-dealkylation sites (N-methyl/N-ethyl adjacent to an activating group) is 1. The lowest BCUT2D eigenvalue weighted by Gasteiger charge is -2.15. The molecule has 0 aliphatic rings. The molecule has 1 aromatic heterocycles. The van der Waals surface area contributed by atoms with Crippen molar-refractivity contribution in [1.29, 1.82) is 5.26 Å². The summed E-state index contributed by atoms with van der Waals surface area (Å²) in [5.41, 5.74) is 5.28. The van der Waals surface area contributed by atoms with E-state index in [0.29, 0.717) is 22.7 Å². The first-order chi connectivity index (χ1) is 13.2. The average molecular weight is 395 g/mol. The van der Waals surface area contributed by atoms with E-state index in [-0.39, 0.29) is 5.91 Å². The highest BCUT2D eigenvalue weighted by atomic mass is 35.5. The molecule has 0 aliphatic heterocycles. The zero-order chi connectivity index (χ0) is 21.0. The average Bonchev–Trinajstić information content (AvgIpc) is 2.94. The first-order valence-corrected chi connectivity index (χ1v) is 9.06. The van der Waals surface area contributed by atoms with Crippen LogP contribution in [0, 0.1) is 25.2 Å². The lowest BCUT2D eigenvalue weighted by Crippen LogP contribution is -2.24. The van der Waals surface area contributed by atoms with Gasteiger partial charge >= 0.3 is 0 Å². The van der Waals surface area contributed by atoms with Gasteiger partial charge in [0.2, 0.25) is 0 Å². The van der Waals surface area contributed by atoms with Gasteiger partial charge in [-0.3, -0.25) is 9.48 Å². The highest BCUT2D eigenvalue weighted by Gasteiger charge is 2.18. The number of allylic oxidation sites excluding steroid dienone is 2. The third kappa shape index (κ3) is 4.08. The molecule has 0 spiro atoms. The van der Waals surface area contributed by atoms with E-state index in [1.807, 2.05) is 24.6 Å². The zero-order valence-corrected chi connectivity index (χ0v) is 17.3. The van der Waals surface area contributed by atoms with E-state index in [0.717, 1.165) is 28.1 Å². The molecular weight excluding hydrogens is 372 g/mol. The maximum atomic E-state index is 12.4. The predicted molar refractivity (Wildman–Crippen MR) is 113 cm³/mol. The molecule has 6 heteroatoms. The molecule has 0 fully saturated rings. The maximum Gasteiger partial charge on any atom is 0.253 e. The standard InChI is InChI=1S/C22H23ClN4O/c1-7-16(19(8-2)22(28)26(5)6)13-27-15(4)21(14(3)25-27)17-9-10-18(12-24)20(23)11-17/h7-11H,1-2,13H2,3-6H3/b19-16-. The fourth-order valence-corrected chi connectivity index (χ4v) is 3.27. The van der Waals surface area contributed by atoms with Crippen molar-refractivity contribution in [3.63, 3.8) is 0 Å². The van der Waals surface area contributed by atoms with Gasteiger partial charge in [-0.05, 0) is 37.1 Å². The lowest BCUT2D eigenvalue weighted by molar-refractivity contribution is -0.124. The van der Waals surface area contributed by atoms with Gasteiger partial charge in [-0.25, -0.2) is 0 Å². The number of rotatable bonds is 6. The molecule has 0 aliphatic carbocycles. The molecule has 1 heterocycles. The van der Waals surface area contributed by atoms with E-state index in [9.17, 15) is 4.79 Å². The Labute approximate surface area is 170 Å². The van der Waals surface area contributed by atoms with Crippen LogP contribution in [-0.2, 0) is 11.3 Å². The third-order valence-corrected chi connectivity index (χ3v) is 4.83. The Morgan fingerprint density at radius 1 is 1.32 bits per heavy atom. The van der Waals surface area contributed by atoms with E-state index in [4.69, 9.17) is 16.9 Å². The van der Waals surface area contributed by atoms with Crippen LogP contribution in [-0.4, -0.2) is 34.7 Å². The number of aromatic nitrogens is 2. The van der Waals surface area contributed by atoms with Gasteiger partial charge in [-0.1, -0.05) is 43.0 Å². The van der Waals surface area contributed by atoms with Gasteiger partial charge in [0, 0.05) is 30.9 Å². The summed E-state index contributed by atoms with van der Waals surface area (Å²) in [5, 5.41) is 14.1. The number of carbonyl (C=O) groups is 1. The van der Waals surface area contributed by atoms with Gasteiger partial charge in [0.15, 0.2) is 0 Å². The summed E-state index contributed by atoms with van der Waals surface area (Å²) in [4.78, 5) is 13.9. The highest BCUT2D eigenvalue weighted by molar-refractivity contribution is 6.32. The third-order valence-electron chi connectivity index (χ3n) is 4.51. The fourth-order valence-electron chi connectivity index (χ4n) is 3.05. The van der Waals surface area contributed by atoms with E-state index in [1.165, 1.54) is 4.90 Å². The van der Waals surface area contributed by atoms with Crippen molar-refractivity contribution in [3.8, 4) is 17.2 Å². The van der Waals surface area contributed by atoms with Gasteiger partial charge in [-0.2, -0.15) is 10.4 Å². The van der Waals surface area contributed by atoms with Crippen LogP contribution in [0.1, 0.15) is 17.0 Å². The number of aryl methyl sites for hydroxylation is 1. The Balaban J connectivity index is 2.52. The summed E-state index contributed by atoms with van der Waals surface area (Å²) in [5.74, 6) is -0.134. The zero-order valence-electron chi connectivity index (χ0n) is 16.6. The van der Waals surface area contributed by atoms with Crippen molar-refractivity contribution in [1.82, 2.24) is 14.7 Å². The summed E-state index contributed by atoms with van der Waals surface area (Å²) in [6.07, 6.45) is 3.21. The normalized spacial score (nSPS) is 11.4. The van der Waals surface area contributed by atoms with Crippen LogP contribution >= 0.6 is 11.6 Å². The molecule has 0 saturated heterocycles. The Hall–Kier alpha value is -3.10. The molecule has 0 atom stereocenters. The number of carbonyl (C=O) groups excluding carboxylic acids is 1. The predicted octanol–water partition coefficient (Wildman–Crippen LogP) is 4.45. The maximum absolute atomic E-state index is 12.4. The Kier molecular flexibility index (Phi) is 6.61. The molecular formula is C22H23ClN4O. The molecule has 0 radical (unpaired) electrons. The SMILES string of the molecule is C=C/C(Cn1nc(C)c(-c2ccc(C#N)c(Cl)c2)c1C)=C(\C=C)C(=O)N(C)C. The Morgan fingerprint density at radius 3 is 2.50 bits per heavy atom. The van der Waals surface area contributed by atoms with Crippen LogP contribution in [0.25, 0.3) is 11.1 Å². The van der Waals surface area contributed by atoms with Gasteiger partial charge in [0.05, 0.1) is 22.8 Å². The molecule has 0 unspecified atom stereocenters. The van der Waals surface area contributed by atoms with Crippen molar-refractivity contribution in [2.75, 3.05) is 14.1 Å². The van der Waals surface area contributed by atoms with Gasteiger partial charge < -0.3 is 4.90 Å². The quantitative estimate of drug-likeness (QED) is 0.537. The summed E-state index contributed by atoms with van der Waals surface area (Å²) < 4.78 is 1.83. The van der Waals surface area contributed by atoms with Gasteiger partial charge in [0.1, 0.15) is 6.07 Å². The second-order valence-electron chi connectivity index (χ2n) is 6.56. The largest absolute Gasteiger partial charge is 0.345 e. The van der Waals surface area contributed by atoms with Gasteiger partial charge in [-0.15, -0.1) is 0 Å². The molecule has 1 aromatic carbocycles. The fraction of sp³-hybridized carbons (Fsp3) is 0.227. The van der Waals surface area contributed by atoms with E-state index < -0.39 is 0 Å². The first-order valence-electron chi connectivity index (χ1n) is 8.68. The number of hydrogen-bond acceptors (Lipinski definition) is 3. The molecule has 0 N–H and O–H groups in total. The van der Waals surface area contributed by atoms with E-state index >= 15 is 0 Å². The molecule has 2 aromatic rings. The van der Waals surface area contributed by atoms with Crippen molar-refractivity contribution in [2.24, 2.45) is 0 Å². The number of hydrogen-bond donors (Lipinski definition) is 0. The second-order valence-corrected chi connectivity index (χ2v) is 6.96. The molecule has 5 nitrogen and oxygen atoms in total. The molecule has 0 saturated carbocycles. The minimum Gasteiger partial charge on any atom is -0.345 e. The lowest BCUT2D eigenvalue weighted by atomic mass is 10.0.